The Morgan fingerprint density at radius 2 is 2.33 bits per heavy atom. The standard InChI is InChI=1S/C10H16N2OS.W/c1-2-3-4-5-8-9-7(6-14-8)11-10(13)12-9;/h1,7-9H,2-6H2,(H2,11,12,13);. The molecule has 0 aliphatic carbocycles. The summed E-state index contributed by atoms with van der Waals surface area (Å²) in [6.45, 7) is 0. The van der Waals surface area contributed by atoms with Crippen molar-refractivity contribution in [3.63, 3.8) is 0 Å². The van der Waals surface area contributed by atoms with E-state index in [1.807, 2.05) is 11.8 Å². The van der Waals surface area contributed by atoms with Crippen LogP contribution in [0.25, 0.3) is 0 Å². The van der Waals surface area contributed by atoms with Gasteiger partial charge < -0.3 is 0 Å². The molecule has 0 aromatic carbocycles. The molecule has 3 nitrogen and oxygen atoms in total. The average Bonchev–Trinajstić information content (AvgIpc) is 2.73. The second-order valence-corrected chi connectivity index (χ2v) is 6.54. The molecule has 0 saturated carbocycles. The van der Waals surface area contributed by atoms with Crippen LogP contribution < -0.4 is 10.6 Å². The Bertz CT molecular complexity index is 262. The summed E-state index contributed by atoms with van der Waals surface area (Å²) in [7, 11) is 0. The van der Waals surface area contributed by atoms with Crippen molar-refractivity contribution in [2.24, 2.45) is 0 Å². The molecule has 2 aliphatic heterocycles. The fraction of sp³-hybridized carbons (Fsp3) is 0.800. The van der Waals surface area contributed by atoms with E-state index in [1.54, 1.807) is 19.4 Å². The van der Waals surface area contributed by atoms with Crippen LogP contribution in [-0.4, -0.2) is 33.5 Å². The zero-order valence-corrected chi connectivity index (χ0v) is 12.3. The normalized spacial score (nSPS) is 33.3. The molecule has 0 spiro atoms. The Kier molecular flexibility index (Phi) is 4.27. The first-order valence-corrected chi connectivity index (χ1v) is 8.18. The van der Waals surface area contributed by atoms with Gasteiger partial charge in [0.25, 0.3) is 0 Å². The van der Waals surface area contributed by atoms with Gasteiger partial charge in [-0.25, -0.2) is 0 Å². The van der Waals surface area contributed by atoms with Gasteiger partial charge in [0.2, 0.25) is 0 Å². The Labute approximate surface area is 106 Å². The van der Waals surface area contributed by atoms with Gasteiger partial charge in [0.05, 0.1) is 0 Å². The van der Waals surface area contributed by atoms with E-state index in [0.29, 0.717) is 17.3 Å². The summed E-state index contributed by atoms with van der Waals surface area (Å²) in [6, 6.07) is 0.800. The van der Waals surface area contributed by atoms with Crippen molar-refractivity contribution in [2.75, 3.05) is 5.75 Å². The minimum atomic E-state index is 0.0285. The number of hydrogen-bond acceptors (Lipinski definition) is 2. The van der Waals surface area contributed by atoms with Gasteiger partial charge >= 0.3 is 106 Å². The maximum absolute atomic E-state index is 11.1. The molecule has 2 aliphatic rings. The average molecular weight is 396 g/mol. The molecule has 84 valence electrons. The quantitative estimate of drug-likeness (QED) is 0.539. The molecule has 0 aromatic rings. The number of amides is 2. The fourth-order valence-corrected chi connectivity index (χ4v) is 4.36. The van der Waals surface area contributed by atoms with Crippen LogP contribution in [0.1, 0.15) is 25.7 Å². The van der Waals surface area contributed by atoms with Gasteiger partial charge in [-0.3, -0.25) is 0 Å². The summed E-state index contributed by atoms with van der Waals surface area (Å²) in [6.07, 6.45) is 5.10. The molecule has 2 amide bonds. The van der Waals surface area contributed by atoms with Gasteiger partial charge in [-0.1, -0.05) is 0 Å². The molecule has 2 saturated heterocycles. The SMILES string of the molecule is O=C1NC2CSC(CCCC[CH]=[W])C2N1. The summed E-state index contributed by atoms with van der Waals surface area (Å²) < 4.78 is 2.31. The second-order valence-electron chi connectivity index (χ2n) is 4.07. The molecule has 2 heterocycles. The molecule has 5 heteroatoms. The van der Waals surface area contributed by atoms with E-state index in [1.165, 1.54) is 25.7 Å². The molecular formula is C10H16N2OSW. The van der Waals surface area contributed by atoms with Gasteiger partial charge in [0.15, 0.2) is 0 Å². The number of carbonyl (C=O) groups is 1. The number of fused-ring (bicyclic) bond motifs is 1. The second kappa shape index (κ2) is 5.49. The molecule has 0 bridgehead atoms. The van der Waals surface area contributed by atoms with E-state index in [9.17, 15) is 4.79 Å². The molecule has 3 atom stereocenters. The van der Waals surface area contributed by atoms with Crippen molar-refractivity contribution in [3.05, 3.63) is 0 Å². The Balaban J connectivity index is 1.74. The first-order valence-electron chi connectivity index (χ1n) is 5.43. The van der Waals surface area contributed by atoms with Crippen molar-refractivity contribution in [1.82, 2.24) is 10.6 Å². The monoisotopic (exact) mass is 396 g/mol. The van der Waals surface area contributed by atoms with E-state index in [4.69, 9.17) is 0 Å². The van der Waals surface area contributed by atoms with Crippen LogP contribution in [0.4, 0.5) is 4.79 Å². The molecule has 15 heavy (non-hydrogen) atoms. The summed E-state index contributed by atoms with van der Waals surface area (Å²) >= 11 is 3.59. The van der Waals surface area contributed by atoms with Gasteiger partial charge in [0, 0.05) is 0 Å². The molecular weight excluding hydrogens is 380 g/mol. The van der Waals surface area contributed by atoms with Crippen molar-refractivity contribution < 1.29 is 24.1 Å². The van der Waals surface area contributed by atoms with Crippen LogP contribution in [0.2, 0.25) is 0 Å². The summed E-state index contributed by atoms with van der Waals surface area (Å²) in [5.41, 5.74) is 0. The summed E-state index contributed by atoms with van der Waals surface area (Å²) in [5.74, 6) is 1.08. The number of unbranched alkanes of at least 4 members (excludes halogenated alkanes) is 2. The Morgan fingerprint density at radius 3 is 3.13 bits per heavy atom. The molecule has 3 unspecified atom stereocenters. The number of hydrogen-bond donors (Lipinski definition) is 2. The van der Waals surface area contributed by atoms with Gasteiger partial charge in [-0.05, 0) is 0 Å². The van der Waals surface area contributed by atoms with E-state index < -0.39 is 0 Å². The predicted molar refractivity (Wildman–Crippen MR) is 60.0 cm³/mol. The number of urea groups is 1. The zero-order chi connectivity index (χ0) is 10.7. The van der Waals surface area contributed by atoms with Crippen molar-refractivity contribution in [3.8, 4) is 0 Å². The van der Waals surface area contributed by atoms with E-state index in [2.05, 4.69) is 15.0 Å². The van der Waals surface area contributed by atoms with Gasteiger partial charge in [-0.15, -0.1) is 0 Å². The molecule has 0 aromatic heterocycles. The number of nitrogens with one attached hydrogen (secondary N) is 2. The molecule has 2 N–H and O–H groups in total. The van der Waals surface area contributed by atoms with Crippen LogP contribution in [0.5, 0.6) is 0 Å². The van der Waals surface area contributed by atoms with Crippen LogP contribution in [-0.2, 0) is 19.4 Å². The molecule has 2 rings (SSSR count). The third-order valence-electron chi connectivity index (χ3n) is 3.00. The van der Waals surface area contributed by atoms with E-state index in [0.717, 1.165) is 5.75 Å². The van der Waals surface area contributed by atoms with Crippen molar-refractivity contribution >= 4 is 22.2 Å². The maximum atomic E-state index is 11.1. The summed E-state index contributed by atoms with van der Waals surface area (Å²) in [4.78, 5) is 11.1. The Hall–Kier alpha value is 0.178. The van der Waals surface area contributed by atoms with E-state index in [-0.39, 0.29) is 6.03 Å². The van der Waals surface area contributed by atoms with E-state index >= 15 is 0 Å². The molecule has 2 fully saturated rings. The Morgan fingerprint density at radius 1 is 1.47 bits per heavy atom. The molecule has 0 radical (unpaired) electrons. The minimum absolute atomic E-state index is 0.0285. The number of thioether (sulfide) groups is 1. The van der Waals surface area contributed by atoms with Gasteiger partial charge in [0.1, 0.15) is 0 Å². The third-order valence-corrected chi connectivity index (χ3v) is 5.35. The fourth-order valence-electron chi connectivity index (χ4n) is 2.22. The third kappa shape index (κ3) is 2.85. The number of carbonyl (C=O) groups excluding carboxylic acids is 1. The zero-order valence-electron chi connectivity index (χ0n) is 8.57. The van der Waals surface area contributed by atoms with Crippen LogP contribution >= 0.6 is 11.8 Å². The van der Waals surface area contributed by atoms with Crippen molar-refractivity contribution in [1.29, 1.82) is 0 Å². The van der Waals surface area contributed by atoms with Crippen LogP contribution in [0.3, 0.4) is 0 Å². The topological polar surface area (TPSA) is 41.1 Å². The predicted octanol–water partition coefficient (Wildman–Crippen LogP) is 1.06. The summed E-state index contributed by atoms with van der Waals surface area (Å²) in [5, 5.41) is 6.64. The first kappa shape index (κ1) is 11.7. The first-order chi connectivity index (χ1) is 7.31. The van der Waals surface area contributed by atoms with Crippen LogP contribution in [0, 0.1) is 0 Å². The van der Waals surface area contributed by atoms with Gasteiger partial charge in [-0.2, -0.15) is 0 Å². The van der Waals surface area contributed by atoms with Crippen LogP contribution in [0.15, 0.2) is 0 Å². The number of rotatable bonds is 5. The van der Waals surface area contributed by atoms with Crippen molar-refractivity contribution in [2.45, 2.75) is 43.0 Å².